The van der Waals surface area contributed by atoms with Gasteiger partial charge < -0.3 is 4.90 Å². The molecule has 0 bridgehead atoms. The van der Waals surface area contributed by atoms with Crippen LogP contribution < -0.4 is 4.90 Å². The van der Waals surface area contributed by atoms with Crippen LogP contribution in [0.5, 0.6) is 0 Å². The molecule has 0 saturated carbocycles. The highest BCUT2D eigenvalue weighted by atomic mass is 16.6. The van der Waals surface area contributed by atoms with Crippen LogP contribution in [-0.2, 0) is 0 Å². The zero-order valence-corrected chi connectivity index (χ0v) is 13.8. The van der Waals surface area contributed by atoms with E-state index in [1.807, 2.05) is 24.4 Å². The van der Waals surface area contributed by atoms with E-state index in [0.29, 0.717) is 5.69 Å². The summed E-state index contributed by atoms with van der Waals surface area (Å²) in [5, 5.41) is 10.6. The van der Waals surface area contributed by atoms with Crippen LogP contribution in [0.4, 0.5) is 11.5 Å². The maximum absolute atomic E-state index is 10.6. The number of hydrogen-bond donors (Lipinski definition) is 0. The third kappa shape index (κ3) is 4.75. The number of hydrogen-bond acceptors (Lipinski definition) is 6. The normalized spacial score (nSPS) is 14.6. The Hall–Kier alpha value is -2.98. The van der Waals surface area contributed by atoms with Crippen molar-refractivity contribution in [3.63, 3.8) is 0 Å². The van der Waals surface area contributed by atoms with Crippen molar-refractivity contribution in [2.45, 2.75) is 6.42 Å². The smallest absolute Gasteiger partial charge is 0.287 e. The van der Waals surface area contributed by atoms with Crippen LogP contribution in [0.2, 0.25) is 0 Å². The first-order valence-electron chi connectivity index (χ1n) is 8.20. The summed E-state index contributed by atoms with van der Waals surface area (Å²) in [5.41, 5.74) is 0.543. The summed E-state index contributed by atoms with van der Waals surface area (Å²) in [6, 6.07) is 8.98. The Labute approximate surface area is 146 Å². The molecule has 2 aromatic heterocycles. The van der Waals surface area contributed by atoms with Crippen LogP contribution in [-0.4, -0.2) is 52.5 Å². The Morgan fingerprint density at radius 3 is 2.60 bits per heavy atom. The van der Waals surface area contributed by atoms with E-state index in [1.165, 1.54) is 12.3 Å². The zero-order valence-electron chi connectivity index (χ0n) is 13.8. The van der Waals surface area contributed by atoms with Gasteiger partial charge in [-0.15, -0.1) is 0 Å². The lowest BCUT2D eigenvalue weighted by molar-refractivity contribution is -0.385. The van der Waals surface area contributed by atoms with Crippen molar-refractivity contribution in [1.82, 2.24) is 14.9 Å². The monoisotopic (exact) mass is 337 g/mol. The molecular weight excluding hydrogens is 318 g/mol. The minimum atomic E-state index is -0.463. The van der Waals surface area contributed by atoms with E-state index < -0.39 is 4.92 Å². The van der Waals surface area contributed by atoms with E-state index >= 15 is 0 Å². The van der Waals surface area contributed by atoms with Gasteiger partial charge in [0, 0.05) is 51.4 Å². The van der Waals surface area contributed by atoms with E-state index in [1.54, 1.807) is 6.07 Å². The van der Waals surface area contributed by atoms with Crippen LogP contribution in [0.25, 0.3) is 0 Å². The third-order valence-corrected chi connectivity index (χ3v) is 4.07. The number of aromatic nitrogens is 2. The maximum atomic E-state index is 10.6. The van der Waals surface area contributed by atoms with E-state index in [4.69, 9.17) is 0 Å². The van der Waals surface area contributed by atoms with Crippen LogP contribution >= 0.6 is 0 Å². The highest BCUT2D eigenvalue weighted by Crippen LogP contribution is 2.12. The van der Waals surface area contributed by atoms with E-state index in [2.05, 4.69) is 31.6 Å². The van der Waals surface area contributed by atoms with E-state index in [-0.39, 0.29) is 5.69 Å². The fourth-order valence-electron chi connectivity index (χ4n) is 2.68. The average molecular weight is 337 g/mol. The first-order chi connectivity index (χ1) is 12.2. The van der Waals surface area contributed by atoms with Crippen LogP contribution in [0.3, 0.4) is 0 Å². The standard InChI is InChI=1S/C18H19N5O2/c24-23(25)17-8-7-16(20-15-17)5-2-4-10-21-11-13-22(14-12-21)18-6-1-3-9-19-18/h1,3,6-9,15H,4,10-14H2. The first kappa shape index (κ1) is 16.9. The van der Waals surface area contributed by atoms with Gasteiger partial charge in [-0.3, -0.25) is 15.0 Å². The van der Waals surface area contributed by atoms with Crippen molar-refractivity contribution in [3.05, 3.63) is 58.5 Å². The summed E-state index contributed by atoms with van der Waals surface area (Å²) in [6.45, 7) is 4.83. The fraction of sp³-hybridized carbons (Fsp3) is 0.333. The van der Waals surface area contributed by atoms with Gasteiger partial charge in [-0.05, 0) is 24.1 Å². The molecule has 2 aromatic rings. The fourth-order valence-corrected chi connectivity index (χ4v) is 2.68. The summed E-state index contributed by atoms with van der Waals surface area (Å²) in [7, 11) is 0. The predicted octanol–water partition coefficient (Wildman–Crippen LogP) is 1.95. The van der Waals surface area contributed by atoms with Gasteiger partial charge in [0.05, 0.1) is 4.92 Å². The molecule has 7 heteroatoms. The van der Waals surface area contributed by atoms with Crippen LogP contribution in [0, 0.1) is 22.0 Å². The Bertz CT molecular complexity index is 760. The molecule has 0 atom stereocenters. The minimum absolute atomic E-state index is 0.0173. The number of pyridine rings is 2. The van der Waals surface area contributed by atoms with Gasteiger partial charge in [0.2, 0.25) is 0 Å². The number of nitrogens with zero attached hydrogens (tertiary/aromatic N) is 5. The molecular formula is C18H19N5O2. The molecule has 1 aliphatic rings. The molecule has 0 aliphatic carbocycles. The van der Waals surface area contributed by atoms with Gasteiger partial charge >= 0.3 is 0 Å². The molecule has 7 nitrogen and oxygen atoms in total. The summed E-state index contributed by atoms with van der Waals surface area (Å²) in [6.07, 6.45) is 3.81. The number of nitro groups is 1. The van der Waals surface area contributed by atoms with Crippen molar-refractivity contribution >= 4 is 11.5 Å². The summed E-state index contributed by atoms with van der Waals surface area (Å²) >= 11 is 0. The lowest BCUT2D eigenvalue weighted by Crippen LogP contribution is -2.46. The Morgan fingerprint density at radius 2 is 1.96 bits per heavy atom. The Kier molecular flexibility index (Phi) is 5.54. The highest BCUT2D eigenvalue weighted by Gasteiger charge is 2.16. The lowest BCUT2D eigenvalue weighted by atomic mass is 10.2. The molecule has 128 valence electrons. The predicted molar refractivity (Wildman–Crippen MR) is 95.3 cm³/mol. The van der Waals surface area contributed by atoms with Gasteiger partial charge in [-0.2, -0.15) is 0 Å². The quantitative estimate of drug-likeness (QED) is 0.482. The highest BCUT2D eigenvalue weighted by molar-refractivity contribution is 5.38. The molecule has 3 heterocycles. The number of piperazine rings is 1. The van der Waals surface area contributed by atoms with Crippen molar-refractivity contribution in [2.24, 2.45) is 0 Å². The van der Waals surface area contributed by atoms with Crippen LogP contribution in [0.1, 0.15) is 12.1 Å². The second-order valence-electron chi connectivity index (χ2n) is 5.73. The van der Waals surface area contributed by atoms with E-state index in [9.17, 15) is 10.1 Å². The SMILES string of the molecule is O=[N+]([O-])c1ccc(C#CCCN2CCN(c3ccccn3)CC2)nc1. The van der Waals surface area contributed by atoms with Gasteiger partial charge in [0.1, 0.15) is 17.7 Å². The van der Waals surface area contributed by atoms with Gasteiger partial charge in [0.25, 0.3) is 5.69 Å². The van der Waals surface area contributed by atoms with Crippen molar-refractivity contribution in [3.8, 4) is 11.8 Å². The van der Waals surface area contributed by atoms with Gasteiger partial charge in [-0.25, -0.2) is 9.97 Å². The summed E-state index contributed by atoms with van der Waals surface area (Å²) < 4.78 is 0. The summed E-state index contributed by atoms with van der Waals surface area (Å²) in [4.78, 5) is 23.2. The zero-order chi connectivity index (χ0) is 17.5. The maximum Gasteiger partial charge on any atom is 0.287 e. The number of anilines is 1. The molecule has 3 rings (SSSR count). The van der Waals surface area contributed by atoms with Crippen molar-refractivity contribution in [2.75, 3.05) is 37.6 Å². The van der Waals surface area contributed by atoms with E-state index in [0.717, 1.165) is 45.0 Å². The second-order valence-corrected chi connectivity index (χ2v) is 5.73. The largest absolute Gasteiger partial charge is 0.354 e. The first-order valence-corrected chi connectivity index (χ1v) is 8.20. The second kappa shape index (κ2) is 8.22. The van der Waals surface area contributed by atoms with Crippen molar-refractivity contribution in [1.29, 1.82) is 0 Å². The molecule has 1 aliphatic heterocycles. The van der Waals surface area contributed by atoms with Crippen LogP contribution in [0.15, 0.2) is 42.7 Å². The molecule has 0 N–H and O–H groups in total. The lowest BCUT2D eigenvalue weighted by Gasteiger charge is -2.35. The molecule has 0 aromatic carbocycles. The average Bonchev–Trinajstić information content (AvgIpc) is 2.67. The molecule has 1 saturated heterocycles. The van der Waals surface area contributed by atoms with Crippen molar-refractivity contribution < 1.29 is 4.92 Å². The Balaban J connectivity index is 1.43. The molecule has 25 heavy (non-hydrogen) atoms. The molecule has 0 spiro atoms. The topological polar surface area (TPSA) is 75.4 Å². The van der Waals surface area contributed by atoms with Gasteiger partial charge in [-0.1, -0.05) is 12.0 Å². The Morgan fingerprint density at radius 1 is 1.12 bits per heavy atom. The number of rotatable bonds is 4. The van der Waals surface area contributed by atoms with Gasteiger partial charge in [0.15, 0.2) is 0 Å². The molecule has 0 unspecified atom stereocenters. The third-order valence-electron chi connectivity index (χ3n) is 4.07. The molecule has 1 fully saturated rings. The minimum Gasteiger partial charge on any atom is -0.354 e. The molecule has 0 amide bonds. The molecule has 0 radical (unpaired) electrons. The summed E-state index contributed by atoms with van der Waals surface area (Å²) in [5.74, 6) is 7.08.